The molecule has 3 N–H and O–H groups in total. The molecule has 0 saturated carbocycles. The van der Waals surface area contributed by atoms with Gasteiger partial charge in [0, 0.05) is 24.7 Å². The van der Waals surface area contributed by atoms with E-state index in [2.05, 4.69) is 50.5 Å². The lowest BCUT2D eigenvalue weighted by Crippen LogP contribution is -2.40. The molecule has 0 saturated heterocycles. The van der Waals surface area contributed by atoms with Crippen molar-refractivity contribution >= 4 is 0 Å². The second kappa shape index (κ2) is 6.01. The first-order valence-electron chi connectivity index (χ1n) is 6.08. The number of nitrogens with one attached hydrogen (secondary N) is 1. The van der Waals surface area contributed by atoms with Gasteiger partial charge in [0.05, 0.1) is 5.69 Å². The number of rotatable bonds is 6. The zero-order chi connectivity index (χ0) is 12.1. The van der Waals surface area contributed by atoms with Crippen molar-refractivity contribution in [3.8, 4) is 0 Å². The van der Waals surface area contributed by atoms with Crippen molar-refractivity contribution in [2.24, 2.45) is 11.8 Å². The second-order valence-corrected chi connectivity index (χ2v) is 4.77. The van der Waals surface area contributed by atoms with Crippen LogP contribution in [0.4, 0.5) is 0 Å². The third kappa shape index (κ3) is 3.32. The quantitative estimate of drug-likeness (QED) is 0.573. The van der Waals surface area contributed by atoms with E-state index in [0.717, 1.165) is 18.5 Å². The number of hydrogen-bond acceptors (Lipinski definition) is 3. The maximum atomic E-state index is 5.53. The van der Waals surface area contributed by atoms with E-state index in [1.807, 2.05) is 4.68 Å². The molecule has 0 radical (unpaired) electrons. The van der Waals surface area contributed by atoms with Crippen molar-refractivity contribution in [1.29, 1.82) is 0 Å². The van der Waals surface area contributed by atoms with Gasteiger partial charge < -0.3 is 0 Å². The summed E-state index contributed by atoms with van der Waals surface area (Å²) in [7, 11) is 0. The molecule has 0 fully saturated rings. The lowest BCUT2D eigenvalue weighted by Gasteiger charge is -2.18. The van der Waals surface area contributed by atoms with E-state index < -0.39 is 0 Å². The van der Waals surface area contributed by atoms with Crippen LogP contribution in [0.5, 0.6) is 0 Å². The third-order valence-corrected chi connectivity index (χ3v) is 3.15. The maximum absolute atomic E-state index is 5.53. The van der Waals surface area contributed by atoms with Crippen LogP contribution in [0.3, 0.4) is 0 Å². The van der Waals surface area contributed by atoms with Crippen LogP contribution in [0.25, 0.3) is 0 Å². The molecule has 2 unspecified atom stereocenters. The van der Waals surface area contributed by atoms with Crippen molar-refractivity contribution in [3.63, 3.8) is 0 Å². The summed E-state index contributed by atoms with van der Waals surface area (Å²) in [6.07, 6.45) is 4.04. The van der Waals surface area contributed by atoms with Crippen LogP contribution in [-0.2, 0) is 6.42 Å². The minimum Gasteiger partial charge on any atom is -0.271 e. The molecule has 0 bridgehead atoms. The molecule has 0 aromatic carbocycles. The van der Waals surface area contributed by atoms with E-state index in [0.29, 0.717) is 18.0 Å². The molecule has 2 atom stereocenters. The molecular formula is C12H24N4. The number of aromatic nitrogens is 2. The molecule has 1 aromatic heterocycles. The molecule has 0 amide bonds. The standard InChI is InChI=1S/C12H24N4/c1-5-10(4)16-7-6-11(15-16)8-12(14-13)9(2)3/h6-7,9-10,12,14H,5,8,13H2,1-4H3. The lowest BCUT2D eigenvalue weighted by molar-refractivity contribution is 0.396. The molecule has 4 nitrogen and oxygen atoms in total. The molecule has 1 rings (SSSR count). The van der Waals surface area contributed by atoms with E-state index in [1.54, 1.807) is 0 Å². The summed E-state index contributed by atoms with van der Waals surface area (Å²) in [5.41, 5.74) is 3.96. The van der Waals surface area contributed by atoms with Crippen LogP contribution in [-0.4, -0.2) is 15.8 Å². The first kappa shape index (κ1) is 13.2. The van der Waals surface area contributed by atoms with Gasteiger partial charge >= 0.3 is 0 Å². The number of nitrogens with two attached hydrogens (primary N) is 1. The molecule has 92 valence electrons. The Hall–Kier alpha value is -0.870. The molecule has 0 aliphatic rings. The van der Waals surface area contributed by atoms with E-state index in [9.17, 15) is 0 Å². The van der Waals surface area contributed by atoms with Gasteiger partial charge in [-0.05, 0) is 25.3 Å². The van der Waals surface area contributed by atoms with Gasteiger partial charge in [-0.25, -0.2) is 0 Å². The Morgan fingerprint density at radius 2 is 2.12 bits per heavy atom. The summed E-state index contributed by atoms with van der Waals surface area (Å²) in [6, 6.07) is 2.84. The minimum absolute atomic E-state index is 0.292. The third-order valence-electron chi connectivity index (χ3n) is 3.15. The van der Waals surface area contributed by atoms with Crippen molar-refractivity contribution in [2.45, 2.75) is 52.6 Å². The largest absolute Gasteiger partial charge is 0.271 e. The highest BCUT2D eigenvalue weighted by Crippen LogP contribution is 2.12. The highest BCUT2D eigenvalue weighted by molar-refractivity contribution is 5.02. The van der Waals surface area contributed by atoms with Crippen molar-refractivity contribution in [2.75, 3.05) is 0 Å². The fourth-order valence-electron chi connectivity index (χ4n) is 1.63. The van der Waals surface area contributed by atoms with E-state index in [4.69, 9.17) is 5.84 Å². The van der Waals surface area contributed by atoms with Gasteiger partial charge in [-0.15, -0.1) is 0 Å². The summed E-state index contributed by atoms with van der Waals surface area (Å²) in [5.74, 6) is 6.04. The monoisotopic (exact) mass is 224 g/mol. The Bertz CT molecular complexity index is 306. The zero-order valence-corrected chi connectivity index (χ0v) is 10.8. The van der Waals surface area contributed by atoms with Gasteiger partial charge in [0.2, 0.25) is 0 Å². The van der Waals surface area contributed by atoms with E-state index in [-0.39, 0.29) is 0 Å². The zero-order valence-electron chi connectivity index (χ0n) is 10.8. The second-order valence-electron chi connectivity index (χ2n) is 4.77. The summed E-state index contributed by atoms with van der Waals surface area (Å²) < 4.78 is 2.03. The number of hydrazine groups is 1. The van der Waals surface area contributed by atoms with Gasteiger partial charge in [0.1, 0.15) is 0 Å². The van der Waals surface area contributed by atoms with Crippen LogP contribution in [0.1, 0.15) is 45.9 Å². The molecule has 0 aliphatic carbocycles. The first-order valence-corrected chi connectivity index (χ1v) is 6.08. The van der Waals surface area contributed by atoms with Crippen LogP contribution >= 0.6 is 0 Å². The average molecular weight is 224 g/mol. The Balaban J connectivity index is 2.64. The highest BCUT2D eigenvalue weighted by Gasteiger charge is 2.14. The smallest absolute Gasteiger partial charge is 0.0640 e. The van der Waals surface area contributed by atoms with Crippen molar-refractivity contribution in [3.05, 3.63) is 18.0 Å². The highest BCUT2D eigenvalue weighted by atomic mass is 15.3. The average Bonchev–Trinajstić information content (AvgIpc) is 2.72. The van der Waals surface area contributed by atoms with Crippen molar-refractivity contribution in [1.82, 2.24) is 15.2 Å². The Morgan fingerprint density at radius 1 is 1.44 bits per heavy atom. The fraction of sp³-hybridized carbons (Fsp3) is 0.750. The van der Waals surface area contributed by atoms with E-state index >= 15 is 0 Å². The molecular weight excluding hydrogens is 200 g/mol. The molecule has 0 aliphatic heterocycles. The molecule has 16 heavy (non-hydrogen) atoms. The predicted octanol–water partition coefficient (Wildman–Crippen LogP) is 1.88. The van der Waals surface area contributed by atoms with Crippen LogP contribution < -0.4 is 11.3 Å². The number of nitrogens with zero attached hydrogens (tertiary/aromatic N) is 2. The Morgan fingerprint density at radius 3 is 2.62 bits per heavy atom. The van der Waals surface area contributed by atoms with Gasteiger partial charge in [-0.2, -0.15) is 5.10 Å². The Kier molecular flexibility index (Phi) is 4.96. The summed E-state index contributed by atoms with van der Waals surface area (Å²) >= 11 is 0. The van der Waals surface area contributed by atoms with Crippen LogP contribution in [0.2, 0.25) is 0 Å². The normalized spacial score (nSPS) is 15.4. The maximum Gasteiger partial charge on any atom is 0.0640 e. The molecule has 0 spiro atoms. The Labute approximate surface area is 98.2 Å². The van der Waals surface area contributed by atoms with E-state index in [1.165, 1.54) is 0 Å². The first-order chi connectivity index (χ1) is 7.58. The molecule has 1 aromatic rings. The number of hydrogen-bond donors (Lipinski definition) is 2. The minimum atomic E-state index is 0.292. The van der Waals surface area contributed by atoms with Gasteiger partial charge in [-0.1, -0.05) is 20.8 Å². The summed E-state index contributed by atoms with van der Waals surface area (Å²) in [4.78, 5) is 0. The summed E-state index contributed by atoms with van der Waals surface area (Å²) in [5, 5.41) is 4.57. The van der Waals surface area contributed by atoms with Crippen LogP contribution in [0.15, 0.2) is 12.3 Å². The fourth-order valence-corrected chi connectivity index (χ4v) is 1.63. The lowest BCUT2D eigenvalue weighted by atomic mass is 10.0. The van der Waals surface area contributed by atoms with Crippen LogP contribution in [0, 0.1) is 5.92 Å². The van der Waals surface area contributed by atoms with Gasteiger partial charge in [0.25, 0.3) is 0 Å². The summed E-state index contributed by atoms with van der Waals surface area (Å²) in [6.45, 7) is 8.68. The van der Waals surface area contributed by atoms with Gasteiger partial charge in [-0.3, -0.25) is 16.0 Å². The predicted molar refractivity (Wildman–Crippen MR) is 66.9 cm³/mol. The molecule has 1 heterocycles. The molecule has 4 heteroatoms. The topological polar surface area (TPSA) is 55.9 Å². The van der Waals surface area contributed by atoms with Crippen molar-refractivity contribution < 1.29 is 0 Å². The van der Waals surface area contributed by atoms with Gasteiger partial charge in [0.15, 0.2) is 0 Å². The SMILES string of the molecule is CCC(C)n1ccc(CC(NN)C(C)C)n1.